The van der Waals surface area contributed by atoms with Crippen molar-refractivity contribution in [3.63, 3.8) is 0 Å². The van der Waals surface area contributed by atoms with Crippen LogP contribution in [0.1, 0.15) is 47.2 Å². The van der Waals surface area contributed by atoms with Gasteiger partial charge in [0.2, 0.25) is 0 Å². The van der Waals surface area contributed by atoms with Crippen molar-refractivity contribution in [3.05, 3.63) is 27.6 Å². The number of hydrogen-bond acceptors (Lipinski definition) is 7. The molecule has 1 aliphatic rings. The predicted octanol–water partition coefficient (Wildman–Crippen LogP) is 2.70. The van der Waals surface area contributed by atoms with Gasteiger partial charge in [-0.25, -0.2) is 23.4 Å². The van der Waals surface area contributed by atoms with Crippen LogP contribution in [0, 0.1) is 6.92 Å². The lowest BCUT2D eigenvalue weighted by atomic mass is 10.0. The first-order chi connectivity index (χ1) is 10.8. The summed E-state index contributed by atoms with van der Waals surface area (Å²) in [6, 6.07) is -0.0969. The minimum atomic E-state index is -3.38. The maximum atomic E-state index is 11.9. The summed E-state index contributed by atoms with van der Waals surface area (Å²) in [7, 11) is -3.38. The smallest absolute Gasteiger partial charge is 0.180 e. The summed E-state index contributed by atoms with van der Waals surface area (Å²) >= 11 is 1.71. The first kappa shape index (κ1) is 16.3. The molecule has 0 saturated carbocycles. The molecule has 0 radical (unpaired) electrons. The number of hydrogen-bond donors (Lipinski definition) is 1. The molecule has 0 amide bonds. The van der Waals surface area contributed by atoms with Gasteiger partial charge in [0.15, 0.2) is 9.84 Å². The molecule has 0 bridgehead atoms. The van der Waals surface area contributed by atoms with E-state index in [1.54, 1.807) is 18.3 Å². The van der Waals surface area contributed by atoms with E-state index in [9.17, 15) is 8.42 Å². The van der Waals surface area contributed by atoms with E-state index < -0.39 is 9.84 Å². The molecule has 1 N–H and O–H groups in total. The fourth-order valence-corrected chi connectivity index (χ4v) is 4.51. The number of rotatable bonds is 4. The SMILES string of the molecule is Cc1ncc(S(C)(=O)=O)c(NC(C)c2nc3c(s2)CCCC3)n1. The first-order valence-corrected chi connectivity index (χ1v) is 10.3. The molecule has 124 valence electrons. The zero-order valence-electron chi connectivity index (χ0n) is 13.5. The molecule has 0 aromatic carbocycles. The Morgan fingerprint density at radius 1 is 1.26 bits per heavy atom. The summed E-state index contributed by atoms with van der Waals surface area (Å²) in [5, 5.41) is 4.18. The van der Waals surface area contributed by atoms with E-state index in [-0.39, 0.29) is 10.9 Å². The van der Waals surface area contributed by atoms with E-state index in [0.29, 0.717) is 11.6 Å². The molecule has 0 aliphatic heterocycles. The van der Waals surface area contributed by atoms with E-state index in [2.05, 4.69) is 15.3 Å². The lowest BCUT2D eigenvalue weighted by molar-refractivity contribution is 0.601. The number of nitrogens with one attached hydrogen (secondary N) is 1. The van der Waals surface area contributed by atoms with Gasteiger partial charge in [-0.1, -0.05) is 0 Å². The van der Waals surface area contributed by atoms with Gasteiger partial charge in [0, 0.05) is 11.1 Å². The average molecular weight is 352 g/mol. The molecule has 23 heavy (non-hydrogen) atoms. The van der Waals surface area contributed by atoms with Gasteiger partial charge in [-0.3, -0.25) is 0 Å². The van der Waals surface area contributed by atoms with Crippen LogP contribution in [0.25, 0.3) is 0 Å². The molecule has 1 unspecified atom stereocenters. The maximum Gasteiger partial charge on any atom is 0.180 e. The number of anilines is 1. The zero-order valence-corrected chi connectivity index (χ0v) is 15.1. The Hall–Kier alpha value is -1.54. The normalized spacial score (nSPS) is 16.0. The van der Waals surface area contributed by atoms with Crippen molar-refractivity contribution in [2.75, 3.05) is 11.6 Å². The summed E-state index contributed by atoms with van der Waals surface area (Å²) < 4.78 is 23.8. The Balaban J connectivity index is 1.89. The van der Waals surface area contributed by atoms with Gasteiger partial charge in [-0.15, -0.1) is 11.3 Å². The predicted molar refractivity (Wildman–Crippen MR) is 90.7 cm³/mol. The molecule has 0 saturated heterocycles. The fourth-order valence-electron chi connectivity index (χ4n) is 2.66. The van der Waals surface area contributed by atoms with Crippen molar-refractivity contribution in [1.29, 1.82) is 0 Å². The van der Waals surface area contributed by atoms with Gasteiger partial charge in [0.05, 0.1) is 17.9 Å². The third-order valence-electron chi connectivity index (χ3n) is 3.86. The Morgan fingerprint density at radius 3 is 2.70 bits per heavy atom. The minimum Gasteiger partial charge on any atom is -0.360 e. The van der Waals surface area contributed by atoms with Crippen LogP contribution in [0.4, 0.5) is 5.82 Å². The Morgan fingerprint density at radius 2 is 2.00 bits per heavy atom. The van der Waals surface area contributed by atoms with E-state index in [1.165, 1.54) is 35.9 Å². The molecule has 1 aliphatic carbocycles. The molecule has 6 nitrogen and oxygen atoms in total. The van der Waals surface area contributed by atoms with Crippen molar-refractivity contribution in [2.24, 2.45) is 0 Å². The van der Waals surface area contributed by atoms with Crippen molar-refractivity contribution >= 4 is 27.0 Å². The highest BCUT2D eigenvalue weighted by atomic mass is 32.2. The first-order valence-electron chi connectivity index (χ1n) is 7.63. The van der Waals surface area contributed by atoms with Crippen LogP contribution in [-0.4, -0.2) is 29.6 Å². The van der Waals surface area contributed by atoms with Crippen LogP contribution in [-0.2, 0) is 22.7 Å². The Labute approximate surface area is 140 Å². The molecular formula is C15H20N4O2S2. The maximum absolute atomic E-state index is 11.9. The largest absolute Gasteiger partial charge is 0.360 e. The highest BCUT2D eigenvalue weighted by Crippen LogP contribution is 2.31. The second-order valence-corrected chi connectivity index (χ2v) is 9.00. The summed E-state index contributed by atoms with van der Waals surface area (Å²) in [6.07, 6.45) is 7.08. The van der Waals surface area contributed by atoms with Crippen molar-refractivity contribution < 1.29 is 8.42 Å². The summed E-state index contributed by atoms with van der Waals surface area (Å²) in [5.41, 5.74) is 1.20. The Kier molecular flexibility index (Phi) is 4.37. The molecule has 2 aromatic heterocycles. The van der Waals surface area contributed by atoms with Gasteiger partial charge in [0.25, 0.3) is 0 Å². The molecule has 1 atom stereocenters. The van der Waals surface area contributed by atoms with E-state index in [1.807, 2.05) is 6.92 Å². The number of sulfone groups is 1. The quantitative estimate of drug-likeness (QED) is 0.911. The van der Waals surface area contributed by atoms with Crippen LogP contribution >= 0.6 is 11.3 Å². The van der Waals surface area contributed by atoms with Crippen LogP contribution < -0.4 is 5.32 Å². The van der Waals surface area contributed by atoms with Gasteiger partial charge in [0.1, 0.15) is 21.5 Å². The topological polar surface area (TPSA) is 84.8 Å². The van der Waals surface area contributed by atoms with Crippen molar-refractivity contribution in [2.45, 2.75) is 50.5 Å². The monoisotopic (exact) mass is 352 g/mol. The summed E-state index contributed by atoms with van der Waals surface area (Å²) in [5.74, 6) is 0.881. The molecule has 3 rings (SSSR count). The van der Waals surface area contributed by atoms with Gasteiger partial charge >= 0.3 is 0 Å². The van der Waals surface area contributed by atoms with E-state index in [4.69, 9.17) is 4.98 Å². The average Bonchev–Trinajstić information content (AvgIpc) is 2.90. The van der Waals surface area contributed by atoms with Crippen LogP contribution in [0.15, 0.2) is 11.1 Å². The number of fused-ring (bicyclic) bond motifs is 1. The van der Waals surface area contributed by atoms with Crippen molar-refractivity contribution in [1.82, 2.24) is 15.0 Å². The number of thiazole rings is 1. The molecular weight excluding hydrogens is 332 g/mol. The van der Waals surface area contributed by atoms with E-state index >= 15 is 0 Å². The number of aryl methyl sites for hydroxylation is 3. The number of aromatic nitrogens is 3. The molecule has 2 aromatic rings. The lowest BCUT2D eigenvalue weighted by Crippen LogP contribution is -2.13. The Bertz CT molecular complexity index is 806. The minimum absolute atomic E-state index is 0.0969. The number of nitrogens with zero attached hydrogens (tertiary/aromatic N) is 3. The second-order valence-electron chi connectivity index (χ2n) is 5.90. The van der Waals surface area contributed by atoms with Crippen LogP contribution in [0.3, 0.4) is 0 Å². The van der Waals surface area contributed by atoms with Gasteiger partial charge < -0.3 is 5.32 Å². The summed E-state index contributed by atoms with van der Waals surface area (Å²) in [4.78, 5) is 14.5. The molecule has 2 heterocycles. The van der Waals surface area contributed by atoms with Gasteiger partial charge in [-0.2, -0.15) is 0 Å². The molecule has 0 spiro atoms. The third-order valence-corrected chi connectivity index (χ3v) is 6.30. The fraction of sp³-hybridized carbons (Fsp3) is 0.533. The summed E-state index contributed by atoms with van der Waals surface area (Å²) in [6.45, 7) is 3.72. The highest BCUT2D eigenvalue weighted by Gasteiger charge is 2.21. The highest BCUT2D eigenvalue weighted by molar-refractivity contribution is 7.90. The molecule has 8 heteroatoms. The lowest BCUT2D eigenvalue weighted by Gasteiger charge is -2.14. The van der Waals surface area contributed by atoms with Gasteiger partial charge in [-0.05, 0) is 39.5 Å². The van der Waals surface area contributed by atoms with Crippen LogP contribution in [0.5, 0.6) is 0 Å². The third kappa shape index (κ3) is 3.53. The van der Waals surface area contributed by atoms with Crippen molar-refractivity contribution in [3.8, 4) is 0 Å². The second kappa shape index (κ2) is 6.16. The van der Waals surface area contributed by atoms with Crippen LogP contribution in [0.2, 0.25) is 0 Å². The standard InChI is InChI=1S/C15H20N4O2S2/c1-9(15-19-11-6-4-5-7-12(11)22-15)17-14-13(23(3,20)21)8-16-10(2)18-14/h8-9H,4-7H2,1-3H3,(H,16,17,18). The van der Waals surface area contributed by atoms with E-state index in [0.717, 1.165) is 17.8 Å². The molecule has 0 fully saturated rings. The zero-order chi connectivity index (χ0) is 16.6.